The van der Waals surface area contributed by atoms with Gasteiger partial charge < -0.3 is 5.32 Å². The van der Waals surface area contributed by atoms with Crippen LogP contribution in [0.15, 0.2) is 24.3 Å². The molecule has 1 aromatic heterocycles. The van der Waals surface area contributed by atoms with Gasteiger partial charge in [0.15, 0.2) is 0 Å². The van der Waals surface area contributed by atoms with Gasteiger partial charge in [-0.2, -0.15) is 0 Å². The predicted octanol–water partition coefficient (Wildman–Crippen LogP) is 4.55. The highest BCUT2D eigenvalue weighted by Crippen LogP contribution is 2.37. The first-order valence-electron chi connectivity index (χ1n) is 7.61. The molecule has 1 heterocycles. The Kier molecular flexibility index (Phi) is 3.95. The van der Waals surface area contributed by atoms with E-state index in [-0.39, 0.29) is 0 Å². The van der Waals surface area contributed by atoms with Crippen LogP contribution in [-0.4, -0.2) is 6.54 Å². The summed E-state index contributed by atoms with van der Waals surface area (Å²) in [6, 6.07) is 9.60. The molecular formula is C18H23NS. The summed E-state index contributed by atoms with van der Waals surface area (Å²) in [5.74, 6) is 0. The van der Waals surface area contributed by atoms with Gasteiger partial charge in [-0.05, 0) is 62.4 Å². The molecule has 1 aliphatic rings. The zero-order chi connectivity index (χ0) is 14.1. The molecule has 106 valence electrons. The van der Waals surface area contributed by atoms with E-state index < -0.39 is 0 Å². The molecule has 2 aromatic rings. The fourth-order valence-corrected chi connectivity index (χ4v) is 4.49. The maximum atomic E-state index is 3.68. The summed E-state index contributed by atoms with van der Waals surface area (Å²) >= 11 is 2.02. The average molecular weight is 285 g/mol. The van der Waals surface area contributed by atoms with Crippen molar-refractivity contribution in [2.45, 2.75) is 46.1 Å². The highest BCUT2D eigenvalue weighted by Gasteiger charge is 2.22. The molecule has 0 aliphatic heterocycles. The third kappa shape index (κ3) is 2.55. The minimum Gasteiger partial charge on any atom is -0.306 e. The van der Waals surface area contributed by atoms with Crippen LogP contribution in [0.3, 0.4) is 0 Å². The third-order valence-electron chi connectivity index (χ3n) is 4.20. The second-order valence-corrected chi connectivity index (χ2v) is 6.97. The van der Waals surface area contributed by atoms with Crippen LogP contribution in [0.5, 0.6) is 0 Å². The number of benzene rings is 1. The topological polar surface area (TPSA) is 12.0 Å². The molecule has 2 heteroatoms. The van der Waals surface area contributed by atoms with Crippen molar-refractivity contribution in [3.63, 3.8) is 0 Å². The summed E-state index contributed by atoms with van der Waals surface area (Å²) in [5.41, 5.74) is 5.76. The lowest BCUT2D eigenvalue weighted by molar-refractivity contribution is 0.636. The van der Waals surface area contributed by atoms with E-state index in [0.717, 1.165) is 6.54 Å². The lowest BCUT2D eigenvalue weighted by Gasteiger charge is -2.20. The first kappa shape index (κ1) is 13.8. The van der Waals surface area contributed by atoms with Gasteiger partial charge in [-0.25, -0.2) is 0 Å². The first-order valence-corrected chi connectivity index (χ1v) is 8.42. The van der Waals surface area contributed by atoms with E-state index in [1.165, 1.54) is 40.8 Å². The molecule has 1 N–H and O–H groups in total. The summed E-state index contributed by atoms with van der Waals surface area (Å²) < 4.78 is 0. The molecule has 0 bridgehead atoms. The van der Waals surface area contributed by atoms with Gasteiger partial charge >= 0.3 is 0 Å². The number of nitrogens with one attached hydrogen (secondary N) is 1. The molecule has 0 fully saturated rings. The Labute approximate surface area is 126 Å². The normalized spacial score (nSPS) is 15.3. The maximum absolute atomic E-state index is 3.68. The van der Waals surface area contributed by atoms with Gasteiger partial charge in [0.2, 0.25) is 0 Å². The Bertz CT molecular complexity index is 590. The number of aryl methyl sites for hydroxylation is 4. The van der Waals surface area contributed by atoms with Gasteiger partial charge in [-0.1, -0.05) is 30.7 Å². The Balaban J connectivity index is 2.01. The lowest BCUT2D eigenvalue weighted by Crippen LogP contribution is -2.22. The molecule has 0 saturated heterocycles. The van der Waals surface area contributed by atoms with Crippen molar-refractivity contribution in [1.82, 2.24) is 5.32 Å². The second kappa shape index (κ2) is 5.71. The average Bonchev–Trinajstić information content (AvgIpc) is 3.00. The van der Waals surface area contributed by atoms with Gasteiger partial charge in [0.25, 0.3) is 0 Å². The predicted molar refractivity (Wildman–Crippen MR) is 87.8 cm³/mol. The molecule has 1 atom stereocenters. The van der Waals surface area contributed by atoms with E-state index in [1.54, 1.807) is 10.4 Å². The molecule has 0 saturated carbocycles. The van der Waals surface area contributed by atoms with Gasteiger partial charge in [-0.3, -0.25) is 0 Å². The third-order valence-corrected chi connectivity index (χ3v) is 5.51. The minimum absolute atomic E-state index is 0.357. The second-order valence-electron chi connectivity index (χ2n) is 5.80. The number of fused-ring (bicyclic) bond motifs is 1. The molecule has 1 aliphatic carbocycles. The van der Waals surface area contributed by atoms with E-state index in [0.29, 0.717) is 6.04 Å². The van der Waals surface area contributed by atoms with E-state index in [9.17, 15) is 0 Å². The van der Waals surface area contributed by atoms with Crippen molar-refractivity contribution in [3.8, 4) is 0 Å². The Morgan fingerprint density at radius 3 is 2.80 bits per heavy atom. The molecule has 1 nitrogen and oxygen atoms in total. The molecule has 1 unspecified atom stereocenters. The van der Waals surface area contributed by atoms with Crippen molar-refractivity contribution >= 4 is 11.3 Å². The first-order chi connectivity index (χ1) is 9.69. The Hall–Kier alpha value is -1.12. The number of hydrogen-bond donors (Lipinski definition) is 1. The van der Waals surface area contributed by atoms with E-state index >= 15 is 0 Å². The highest BCUT2D eigenvalue weighted by atomic mass is 32.1. The van der Waals surface area contributed by atoms with E-state index in [2.05, 4.69) is 50.4 Å². The largest absolute Gasteiger partial charge is 0.306 e. The molecule has 20 heavy (non-hydrogen) atoms. The fourth-order valence-electron chi connectivity index (χ4n) is 3.13. The molecule has 0 spiro atoms. The summed E-state index contributed by atoms with van der Waals surface area (Å²) in [4.78, 5) is 3.11. The number of hydrogen-bond acceptors (Lipinski definition) is 2. The zero-order valence-corrected chi connectivity index (χ0v) is 13.4. The van der Waals surface area contributed by atoms with Crippen LogP contribution >= 0.6 is 11.3 Å². The molecule has 0 radical (unpaired) electrons. The summed E-state index contributed by atoms with van der Waals surface area (Å²) in [7, 11) is 0. The van der Waals surface area contributed by atoms with Gasteiger partial charge in [0.05, 0.1) is 6.04 Å². The standard InChI is InChI=1S/C18H23NS/c1-4-19-18(15-10-12(2)8-9-13(15)3)17-11-14-6-5-7-16(14)20-17/h8-11,18-19H,4-7H2,1-3H3. The van der Waals surface area contributed by atoms with Crippen molar-refractivity contribution in [2.75, 3.05) is 6.54 Å². The summed E-state index contributed by atoms with van der Waals surface area (Å²) in [5, 5.41) is 3.68. The molecule has 3 rings (SSSR count). The SMILES string of the molecule is CCNC(c1cc2c(s1)CCC2)c1cc(C)ccc1C. The van der Waals surface area contributed by atoms with Crippen molar-refractivity contribution in [1.29, 1.82) is 0 Å². The number of rotatable bonds is 4. The van der Waals surface area contributed by atoms with Crippen LogP contribution < -0.4 is 5.32 Å². The van der Waals surface area contributed by atoms with Crippen molar-refractivity contribution < 1.29 is 0 Å². The monoisotopic (exact) mass is 285 g/mol. The van der Waals surface area contributed by atoms with Crippen molar-refractivity contribution in [3.05, 3.63) is 56.3 Å². The van der Waals surface area contributed by atoms with Crippen LogP contribution in [0, 0.1) is 13.8 Å². The highest BCUT2D eigenvalue weighted by molar-refractivity contribution is 7.12. The lowest BCUT2D eigenvalue weighted by atomic mass is 9.97. The molecular weight excluding hydrogens is 262 g/mol. The van der Waals surface area contributed by atoms with Crippen LogP contribution in [0.4, 0.5) is 0 Å². The summed E-state index contributed by atoms with van der Waals surface area (Å²) in [6.07, 6.45) is 3.90. The molecule has 0 amide bonds. The molecule has 1 aromatic carbocycles. The van der Waals surface area contributed by atoms with E-state index in [4.69, 9.17) is 0 Å². The van der Waals surface area contributed by atoms with Crippen LogP contribution in [0.25, 0.3) is 0 Å². The van der Waals surface area contributed by atoms with Gasteiger partial charge in [0.1, 0.15) is 0 Å². The van der Waals surface area contributed by atoms with Gasteiger partial charge in [0, 0.05) is 9.75 Å². The fraction of sp³-hybridized carbons (Fsp3) is 0.444. The van der Waals surface area contributed by atoms with Crippen LogP contribution in [-0.2, 0) is 12.8 Å². The Morgan fingerprint density at radius 1 is 1.20 bits per heavy atom. The summed E-state index contributed by atoms with van der Waals surface area (Å²) in [6.45, 7) is 7.60. The van der Waals surface area contributed by atoms with Crippen LogP contribution in [0.2, 0.25) is 0 Å². The van der Waals surface area contributed by atoms with Crippen molar-refractivity contribution in [2.24, 2.45) is 0 Å². The minimum atomic E-state index is 0.357. The Morgan fingerprint density at radius 2 is 2.05 bits per heavy atom. The zero-order valence-electron chi connectivity index (χ0n) is 12.6. The van der Waals surface area contributed by atoms with Crippen LogP contribution in [0.1, 0.15) is 51.4 Å². The number of thiophene rings is 1. The van der Waals surface area contributed by atoms with Gasteiger partial charge in [-0.15, -0.1) is 11.3 Å². The van der Waals surface area contributed by atoms with E-state index in [1.807, 2.05) is 11.3 Å². The quantitative estimate of drug-likeness (QED) is 0.869. The smallest absolute Gasteiger partial charge is 0.0673 e. The maximum Gasteiger partial charge on any atom is 0.0673 e.